The Labute approximate surface area is 70.4 Å². The summed E-state index contributed by atoms with van der Waals surface area (Å²) in [6.45, 7) is 0. The van der Waals surface area contributed by atoms with Crippen LogP contribution in [-0.2, 0) is 0 Å². The van der Waals surface area contributed by atoms with Gasteiger partial charge in [0.1, 0.15) is 0 Å². The number of hydrogen-bond acceptors (Lipinski definition) is 0. The fourth-order valence-corrected chi connectivity index (χ4v) is 0. The van der Waals surface area contributed by atoms with E-state index in [9.17, 15) is 0 Å². The first-order valence-electron chi connectivity index (χ1n) is 0. The van der Waals surface area contributed by atoms with Crippen LogP contribution in [0.5, 0.6) is 0 Å². The van der Waals surface area contributed by atoms with Crippen LogP contribution in [0.3, 0.4) is 0 Å². The van der Waals surface area contributed by atoms with Crippen LogP contribution in [0.15, 0.2) is 0 Å². The molecular weight excluding hydrogens is 168 g/mol. The molecular formula is H9BrCaO3. The summed E-state index contributed by atoms with van der Waals surface area (Å²) >= 11 is 0. The van der Waals surface area contributed by atoms with Gasteiger partial charge in [0, 0.05) is 0 Å². The van der Waals surface area contributed by atoms with E-state index in [1.807, 2.05) is 0 Å². The number of halogens is 1. The molecule has 0 radical (unpaired) electrons. The summed E-state index contributed by atoms with van der Waals surface area (Å²) in [4.78, 5) is 0. The summed E-state index contributed by atoms with van der Waals surface area (Å²) < 4.78 is 0. The fraction of sp³-hybridized carbons (Fsp3) is 0. The predicted octanol–water partition coefficient (Wildman–Crippen LogP) is -2.81. The van der Waals surface area contributed by atoms with Crippen LogP contribution in [0.1, 0.15) is 0 Å². The van der Waals surface area contributed by atoms with Crippen LogP contribution in [0.4, 0.5) is 0 Å². The molecule has 0 bridgehead atoms. The molecule has 0 atom stereocenters. The van der Waals surface area contributed by atoms with Crippen molar-refractivity contribution >= 4 is 54.7 Å². The molecule has 3 nitrogen and oxygen atoms in total. The zero-order chi connectivity index (χ0) is 0. The number of hydrogen-bond donors (Lipinski definition) is 0. The molecule has 0 aromatic heterocycles. The molecule has 0 aliphatic heterocycles. The topological polar surface area (TPSA) is 94.5 Å². The van der Waals surface area contributed by atoms with Gasteiger partial charge in [-0.15, -0.1) is 17.0 Å². The van der Waals surface area contributed by atoms with E-state index in [-0.39, 0.29) is 71.1 Å². The SMILES string of the molecule is Br.O.O.O.[CaH2]. The fourth-order valence-electron chi connectivity index (χ4n) is 0. The molecule has 0 aromatic rings. The summed E-state index contributed by atoms with van der Waals surface area (Å²) in [6.07, 6.45) is 0. The first-order chi connectivity index (χ1) is 0. The van der Waals surface area contributed by atoms with Crippen LogP contribution in [0.25, 0.3) is 0 Å². The minimum absolute atomic E-state index is 0. The second-order valence-corrected chi connectivity index (χ2v) is 0. The van der Waals surface area contributed by atoms with E-state index >= 15 is 0 Å². The van der Waals surface area contributed by atoms with Crippen molar-refractivity contribution in [2.75, 3.05) is 0 Å². The van der Waals surface area contributed by atoms with Crippen molar-refractivity contribution < 1.29 is 16.4 Å². The van der Waals surface area contributed by atoms with E-state index in [4.69, 9.17) is 0 Å². The number of rotatable bonds is 0. The average Bonchev–Trinajstić information content (AvgIpc) is 0. The third-order valence-corrected chi connectivity index (χ3v) is 0. The molecule has 0 spiro atoms. The van der Waals surface area contributed by atoms with Crippen LogP contribution in [-0.4, -0.2) is 54.2 Å². The van der Waals surface area contributed by atoms with Crippen molar-refractivity contribution in [3.8, 4) is 0 Å². The van der Waals surface area contributed by atoms with Gasteiger partial charge in [0.05, 0.1) is 0 Å². The average molecular weight is 177 g/mol. The molecule has 0 saturated heterocycles. The second-order valence-electron chi connectivity index (χ2n) is 0. The first kappa shape index (κ1) is 79.7. The Bertz CT molecular complexity index is 6.85. The maximum atomic E-state index is 0. The van der Waals surface area contributed by atoms with Gasteiger partial charge in [-0.25, -0.2) is 0 Å². The Hall–Kier alpha value is 1.62. The third kappa shape index (κ3) is 28.1. The van der Waals surface area contributed by atoms with Gasteiger partial charge in [0.25, 0.3) is 0 Å². The van der Waals surface area contributed by atoms with E-state index in [1.54, 1.807) is 0 Å². The quantitative estimate of drug-likeness (QED) is 0.357. The van der Waals surface area contributed by atoms with Crippen LogP contribution >= 0.6 is 17.0 Å². The molecule has 0 saturated carbocycles. The van der Waals surface area contributed by atoms with Crippen LogP contribution in [0.2, 0.25) is 0 Å². The Morgan fingerprint density at radius 2 is 0.600 bits per heavy atom. The monoisotopic (exact) mass is 176 g/mol. The van der Waals surface area contributed by atoms with Crippen molar-refractivity contribution in [1.29, 1.82) is 0 Å². The maximum absolute atomic E-state index is 0. The predicted molar refractivity (Wildman–Crippen MR) is 29.7 cm³/mol. The van der Waals surface area contributed by atoms with Gasteiger partial charge in [-0.3, -0.25) is 0 Å². The van der Waals surface area contributed by atoms with E-state index in [0.29, 0.717) is 0 Å². The van der Waals surface area contributed by atoms with Gasteiger partial charge in [0.15, 0.2) is 0 Å². The Kier molecular flexibility index (Phi) is 729. The van der Waals surface area contributed by atoms with Gasteiger partial charge in [-0.1, -0.05) is 0 Å². The summed E-state index contributed by atoms with van der Waals surface area (Å²) in [7, 11) is 0. The molecule has 36 valence electrons. The van der Waals surface area contributed by atoms with Crippen molar-refractivity contribution in [2.45, 2.75) is 0 Å². The van der Waals surface area contributed by atoms with E-state index < -0.39 is 0 Å². The van der Waals surface area contributed by atoms with Gasteiger partial charge in [-0.05, 0) is 0 Å². The van der Waals surface area contributed by atoms with E-state index in [0.717, 1.165) is 0 Å². The van der Waals surface area contributed by atoms with E-state index in [2.05, 4.69) is 0 Å². The summed E-state index contributed by atoms with van der Waals surface area (Å²) in [6, 6.07) is 0. The zero-order valence-electron chi connectivity index (χ0n) is 1.91. The Balaban J connectivity index is 0. The molecule has 0 fully saturated rings. The Morgan fingerprint density at radius 1 is 0.600 bits per heavy atom. The Morgan fingerprint density at radius 3 is 0.600 bits per heavy atom. The molecule has 5 heavy (non-hydrogen) atoms. The van der Waals surface area contributed by atoms with Gasteiger partial charge >= 0.3 is 37.7 Å². The first-order valence-corrected chi connectivity index (χ1v) is 0. The standard InChI is InChI=1S/BrH.Ca.3H2O.2H/h1H;;3*1H2;;. The summed E-state index contributed by atoms with van der Waals surface area (Å²) in [5.41, 5.74) is 0. The van der Waals surface area contributed by atoms with Crippen LogP contribution < -0.4 is 0 Å². The molecule has 0 aliphatic rings. The molecule has 6 N–H and O–H groups in total. The molecule has 0 unspecified atom stereocenters. The molecule has 0 aliphatic carbocycles. The summed E-state index contributed by atoms with van der Waals surface area (Å²) in [5.74, 6) is 0. The van der Waals surface area contributed by atoms with Crippen molar-refractivity contribution in [3.05, 3.63) is 0 Å². The van der Waals surface area contributed by atoms with Crippen molar-refractivity contribution in [1.82, 2.24) is 0 Å². The molecule has 5 heteroatoms. The van der Waals surface area contributed by atoms with Crippen molar-refractivity contribution in [2.24, 2.45) is 0 Å². The molecule has 0 rings (SSSR count). The molecule has 0 heterocycles. The summed E-state index contributed by atoms with van der Waals surface area (Å²) in [5, 5.41) is 0. The van der Waals surface area contributed by atoms with E-state index in [1.165, 1.54) is 0 Å². The third-order valence-electron chi connectivity index (χ3n) is 0. The van der Waals surface area contributed by atoms with Gasteiger partial charge in [-0.2, -0.15) is 0 Å². The molecule has 0 amide bonds. The molecule has 0 aromatic carbocycles. The van der Waals surface area contributed by atoms with Gasteiger partial charge < -0.3 is 16.4 Å². The minimum atomic E-state index is 0. The van der Waals surface area contributed by atoms with Crippen molar-refractivity contribution in [3.63, 3.8) is 0 Å². The second kappa shape index (κ2) is 45.7. The van der Waals surface area contributed by atoms with Crippen LogP contribution in [0, 0.1) is 0 Å². The van der Waals surface area contributed by atoms with Gasteiger partial charge in [0.2, 0.25) is 0 Å². The zero-order valence-corrected chi connectivity index (χ0v) is 3.62. The normalized spacial score (nSPS) is 0.